The van der Waals surface area contributed by atoms with Gasteiger partial charge in [0.15, 0.2) is 31.2 Å². The summed E-state index contributed by atoms with van der Waals surface area (Å²) < 4.78 is 61.8. The molecule has 2 unspecified atom stereocenters. The van der Waals surface area contributed by atoms with Crippen LogP contribution >= 0.6 is 23.2 Å². The molecule has 2 atom stereocenters. The van der Waals surface area contributed by atoms with E-state index >= 15 is 0 Å². The molecule has 0 fully saturated rings. The number of rotatable bonds is 11. The SMILES string of the molecule is NCCS(=O)(=O)c1c(Cl)ccc(NC(=O)NC2CCCc3ccoc32)c1O.O=C(Nc1ccc(Cl)c(S(=O)(=O)CCN2C(=O)c3ccccc3C2=O)c1O)NC1CCCc2ccoc21.[CH3-].[CH3-].[W].[W]. The number of carbonyl (C=O) groups is 4. The molecule has 0 saturated heterocycles. The van der Waals surface area contributed by atoms with E-state index in [0.717, 1.165) is 48.1 Å². The number of nitrogens with two attached hydrogens (primary N) is 1. The third-order valence-corrected chi connectivity index (χ3v) is 15.2. The van der Waals surface area contributed by atoms with Gasteiger partial charge in [-0.1, -0.05) is 35.3 Å². The molecule has 0 spiro atoms. The van der Waals surface area contributed by atoms with Crippen molar-refractivity contribution in [3.05, 3.63) is 132 Å². The minimum atomic E-state index is -4.28. The Bertz CT molecular complexity index is 2840. The van der Waals surface area contributed by atoms with E-state index in [0.29, 0.717) is 17.9 Å². The number of fused-ring (bicyclic) bond motifs is 3. The van der Waals surface area contributed by atoms with Crippen molar-refractivity contribution in [1.29, 1.82) is 0 Å². The fourth-order valence-electron chi connectivity index (χ4n) is 7.78. The minimum Gasteiger partial charge on any atom is -0.504 e. The molecule has 3 aliphatic rings. The van der Waals surface area contributed by atoms with Crippen molar-refractivity contribution in [1.82, 2.24) is 15.5 Å². The van der Waals surface area contributed by atoms with Crippen LogP contribution in [0.3, 0.4) is 0 Å². The molecule has 366 valence electrons. The number of nitrogens with one attached hydrogen (secondary N) is 4. The van der Waals surface area contributed by atoms with Gasteiger partial charge in [-0.05, 0) is 98.2 Å². The van der Waals surface area contributed by atoms with Gasteiger partial charge in [-0.2, -0.15) is 0 Å². The molecule has 18 nitrogen and oxygen atoms in total. The van der Waals surface area contributed by atoms with Crippen LogP contribution in [0.5, 0.6) is 11.5 Å². The van der Waals surface area contributed by atoms with E-state index in [2.05, 4.69) is 21.3 Å². The summed E-state index contributed by atoms with van der Waals surface area (Å²) >= 11 is 12.1. The normalized spacial score (nSPS) is 15.8. The van der Waals surface area contributed by atoms with Crippen molar-refractivity contribution in [2.75, 3.05) is 35.2 Å². The van der Waals surface area contributed by atoms with E-state index in [4.69, 9.17) is 37.8 Å². The first-order valence-electron chi connectivity index (χ1n) is 19.9. The van der Waals surface area contributed by atoms with Gasteiger partial charge in [0, 0.05) is 55.2 Å². The summed E-state index contributed by atoms with van der Waals surface area (Å²) in [5.41, 5.74) is 7.53. The number of hydrogen-bond acceptors (Lipinski definition) is 13. The fraction of sp³-hybridized carbons (Fsp3) is 0.273. The number of anilines is 2. The van der Waals surface area contributed by atoms with Crippen molar-refractivity contribution in [2.45, 2.75) is 60.4 Å². The summed E-state index contributed by atoms with van der Waals surface area (Å²) in [6.45, 7) is -0.556. The molecule has 6 amide bonds. The van der Waals surface area contributed by atoms with Gasteiger partial charge < -0.3 is 60.9 Å². The quantitative estimate of drug-likeness (QED) is 0.0387. The van der Waals surface area contributed by atoms with Gasteiger partial charge in [0.1, 0.15) is 21.3 Å². The number of urea groups is 2. The first kappa shape index (κ1) is 57.6. The summed E-state index contributed by atoms with van der Waals surface area (Å²) in [7, 11) is -8.16. The van der Waals surface area contributed by atoms with Crippen LogP contribution in [0, 0.1) is 14.9 Å². The molecule has 1 aliphatic heterocycles. The molecule has 8 N–H and O–H groups in total. The summed E-state index contributed by atoms with van der Waals surface area (Å²) in [5, 5.41) is 31.2. The Morgan fingerprint density at radius 1 is 0.676 bits per heavy atom. The Kier molecular flexibility index (Phi) is 20.5. The number of imide groups is 1. The zero-order valence-corrected chi connectivity index (χ0v) is 45.6. The molecule has 3 heterocycles. The fourth-order valence-corrected chi connectivity index (χ4v) is 11.5. The monoisotopic (exact) mass is 1350 g/mol. The van der Waals surface area contributed by atoms with E-state index in [1.165, 1.54) is 36.4 Å². The molecule has 0 bridgehead atoms. The number of nitrogens with zero attached hydrogens (tertiary/aromatic N) is 1. The number of phenolic OH excluding ortho intramolecular Hbond substituents is 2. The van der Waals surface area contributed by atoms with Crippen LogP contribution in [0.4, 0.5) is 21.0 Å². The number of aromatic hydroxyl groups is 2. The van der Waals surface area contributed by atoms with Crippen LogP contribution in [-0.2, 0) is 74.6 Å². The number of furan rings is 2. The Morgan fingerprint density at radius 3 is 1.50 bits per heavy atom. The number of halogens is 2. The molecule has 2 aromatic heterocycles. The second-order valence-corrected chi connectivity index (χ2v) is 19.9. The van der Waals surface area contributed by atoms with Gasteiger partial charge in [-0.15, -0.1) is 0 Å². The maximum atomic E-state index is 13.1. The average Bonchev–Trinajstić information content (AvgIpc) is 3.99. The first-order chi connectivity index (χ1) is 30.5. The standard InChI is InChI=1S/C25H22ClN3O7S.C17H20ClN3O5S.2CH3.2W/c26-17-8-9-18(27-25(33)28-19-7-3-4-14-10-12-36-21(14)19)20(30)22(17)37(34,35)13-11-29-23(31)15-5-1-2-6-16(15)24(29)32;18-11-4-5-12(14(22)16(11)27(24,25)9-7-19)20-17(23)21-13-3-1-2-10-6-8-26-15(10)13;;;;/h1-2,5-6,8-10,12,19,30H,3-4,7,11,13H2,(H2,27,28,33);4-6,8,13,22H,1-3,7,9,19H2,(H2,20,21,23);2*1H3;;/q;;2*-1;;. The Labute approximate surface area is 432 Å². The molecule has 24 heteroatoms. The molecule has 3 aromatic carbocycles. The predicted molar refractivity (Wildman–Crippen MR) is 247 cm³/mol. The Hall–Kier alpha value is -4.68. The molecule has 8 rings (SSSR count). The first-order valence-corrected chi connectivity index (χ1v) is 24.0. The summed E-state index contributed by atoms with van der Waals surface area (Å²) in [6, 6.07) is 13.2. The summed E-state index contributed by atoms with van der Waals surface area (Å²) in [4.78, 5) is 49.9. The van der Waals surface area contributed by atoms with Crippen molar-refractivity contribution in [3.63, 3.8) is 0 Å². The van der Waals surface area contributed by atoms with Crippen molar-refractivity contribution >= 4 is 78.1 Å². The predicted octanol–water partition coefficient (Wildman–Crippen LogP) is 7.37. The zero-order valence-electron chi connectivity index (χ0n) is 36.5. The summed E-state index contributed by atoms with van der Waals surface area (Å²) in [6.07, 6.45) is 8.05. The third kappa shape index (κ3) is 12.4. The Balaban J connectivity index is 0.000000355. The molecule has 68 heavy (non-hydrogen) atoms. The van der Waals surface area contributed by atoms with Crippen LogP contribution in [-0.4, -0.2) is 80.4 Å². The van der Waals surface area contributed by atoms with Crippen molar-refractivity contribution in [3.8, 4) is 11.5 Å². The molecular formula is C44H48Cl2N6O12S2W2-2. The van der Waals surface area contributed by atoms with Gasteiger partial charge in [0.05, 0.1) is 68.7 Å². The topological polar surface area (TPSA) is 281 Å². The van der Waals surface area contributed by atoms with Crippen LogP contribution < -0.4 is 27.0 Å². The van der Waals surface area contributed by atoms with Gasteiger partial charge in [0.25, 0.3) is 11.8 Å². The number of hydrogen-bond donors (Lipinski definition) is 7. The van der Waals surface area contributed by atoms with Crippen LogP contribution in [0.25, 0.3) is 0 Å². The molecule has 2 aliphatic carbocycles. The molecule has 0 saturated carbocycles. The van der Waals surface area contributed by atoms with E-state index in [9.17, 15) is 46.2 Å². The van der Waals surface area contributed by atoms with Crippen molar-refractivity contribution in [2.24, 2.45) is 5.73 Å². The number of benzene rings is 3. The average molecular weight is 1360 g/mol. The van der Waals surface area contributed by atoms with Crippen molar-refractivity contribution < 1.29 is 97.2 Å². The maximum Gasteiger partial charge on any atom is 0.319 e. The van der Waals surface area contributed by atoms with E-state index in [1.807, 2.05) is 12.1 Å². The maximum absolute atomic E-state index is 13.1. The number of phenols is 2. The van der Waals surface area contributed by atoms with E-state index in [-0.39, 0.29) is 114 Å². The number of aryl methyl sites for hydroxylation is 2. The van der Waals surface area contributed by atoms with Gasteiger partial charge in [0.2, 0.25) is 0 Å². The van der Waals surface area contributed by atoms with Gasteiger partial charge in [-0.3, -0.25) is 14.5 Å². The Morgan fingerprint density at radius 2 is 1.09 bits per heavy atom. The van der Waals surface area contributed by atoms with Gasteiger partial charge >= 0.3 is 12.1 Å². The minimum absolute atomic E-state index is 0. The molecular weight excluding hydrogens is 1310 g/mol. The zero-order chi connectivity index (χ0) is 45.9. The van der Waals surface area contributed by atoms with E-state index in [1.54, 1.807) is 24.7 Å². The second-order valence-electron chi connectivity index (χ2n) is 15.0. The largest absolute Gasteiger partial charge is 0.504 e. The van der Waals surface area contributed by atoms with Crippen LogP contribution in [0.1, 0.15) is 81.1 Å². The number of amides is 6. The van der Waals surface area contributed by atoms with Gasteiger partial charge in [-0.25, -0.2) is 26.4 Å². The smallest absolute Gasteiger partial charge is 0.319 e. The second kappa shape index (κ2) is 24.2. The molecule has 5 aromatic rings. The van der Waals surface area contributed by atoms with E-state index < -0.39 is 77.1 Å². The van der Waals surface area contributed by atoms with Crippen LogP contribution in [0.15, 0.2) is 91.8 Å². The molecule has 0 radical (unpaired) electrons. The third-order valence-electron chi connectivity index (χ3n) is 10.8. The van der Waals surface area contributed by atoms with Crippen LogP contribution in [0.2, 0.25) is 10.0 Å². The number of carbonyl (C=O) groups excluding carboxylic acids is 4. The number of sulfone groups is 2. The summed E-state index contributed by atoms with van der Waals surface area (Å²) in [5.74, 6) is -2.23.